The quantitative estimate of drug-likeness (QED) is 0.0722. The van der Waals surface area contributed by atoms with Gasteiger partial charge in [0.05, 0.1) is 34.3 Å². The van der Waals surface area contributed by atoms with Gasteiger partial charge in [0.1, 0.15) is 0 Å². The first-order valence-corrected chi connectivity index (χ1v) is 15.4. The van der Waals surface area contributed by atoms with Crippen LogP contribution in [0, 0.1) is 0 Å². The average Bonchev–Trinajstić information content (AvgIpc) is 2.88. The summed E-state index contributed by atoms with van der Waals surface area (Å²) < 4.78 is 339. The molecule has 0 radical (unpaired) electrons. The predicted octanol–water partition coefficient (Wildman–Crippen LogP) is 6.46. The molecular formula is C20H25F21N2O6S2. The van der Waals surface area contributed by atoms with Crippen LogP contribution in [0.15, 0.2) is 0 Å². The lowest BCUT2D eigenvalue weighted by Crippen LogP contribution is -2.77. The largest absolute Gasteiger partial charge is 0.726 e. The maximum absolute atomic E-state index is 14.4. The molecule has 31 heteroatoms. The molecule has 0 saturated carbocycles. The highest BCUT2D eigenvalue weighted by molar-refractivity contribution is 7.90. The summed E-state index contributed by atoms with van der Waals surface area (Å²) in [7, 11) is -7.70. The van der Waals surface area contributed by atoms with Crippen LogP contribution in [0.4, 0.5) is 92.2 Å². The molecule has 8 nitrogen and oxygen atoms in total. The first kappa shape index (κ1) is 51.4. The highest BCUT2D eigenvalue weighted by Gasteiger charge is 2.98. The molecule has 0 rings (SSSR count). The van der Waals surface area contributed by atoms with E-state index >= 15 is 0 Å². The molecule has 0 atom stereocenters. The predicted molar refractivity (Wildman–Crippen MR) is 126 cm³/mol. The lowest BCUT2D eigenvalue weighted by molar-refractivity contribution is -0.870. The third-order valence-electron chi connectivity index (χ3n) is 6.00. The summed E-state index contributed by atoms with van der Waals surface area (Å²) >= 11 is 0. The zero-order valence-corrected chi connectivity index (χ0v) is 27.3. The van der Waals surface area contributed by atoms with Crippen molar-refractivity contribution in [2.75, 3.05) is 47.4 Å². The number of nitrogens with zero attached hydrogens (tertiary/aromatic N) is 2. The van der Waals surface area contributed by atoms with Crippen LogP contribution >= 0.6 is 0 Å². The van der Waals surface area contributed by atoms with Crippen LogP contribution in [-0.2, 0) is 24.6 Å². The van der Waals surface area contributed by atoms with Gasteiger partial charge in [0.15, 0.2) is 0 Å². The van der Waals surface area contributed by atoms with Crippen molar-refractivity contribution >= 4 is 20.4 Å². The van der Waals surface area contributed by atoms with Crippen molar-refractivity contribution in [2.45, 2.75) is 79.1 Å². The van der Waals surface area contributed by atoms with Crippen LogP contribution in [0.25, 0.3) is 0 Å². The summed E-state index contributed by atoms with van der Waals surface area (Å²) in [6.07, 6.45) is -8.65. The van der Waals surface area contributed by atoms with Crippen molar-refractivity contribution in [2.24, 2.45) is 0 Å². The van der Waals surface area contributed by atoms with Crippen LogP contribution in [0.3, 0.4) is 0 Å². The molecule has 0 N–H and O–H groups in total. The minimum absolute atomic E-state index is 0.0914. The van der Waals surface area contributed by atoms with Crippen LogP contribution in [-0.4, -0.2) is 136 Å². The minimum atomic E-state index is -9.34. The monoisotopic (exact) mass is 852 g/mol. The number of hydrogen-bond donors (Lipinski definition) is 0. The normalized spacial score (nSPS) is 15.9. The topological polar surface area (TPSA) is 104 Å². The van der Waals surface area contributed by atoms with Crippen molar-refractivity contribution < 1.29 is 122 Å². The standard InChI is InChI=1S/C18H20F21N2O2S.C2H6O4S/c1-5-40(7-6-8-41(2,3)4)44(42,43)18(38,39)16(33,34)14(29,30)12(25,26)10(21,22)9(19,20)11(23,24)13(27,28)15(31,32)17(35,36)37;1-2-6-7(3,4)5/h5-8H2,1-4H3;2H2,1H3,(H,3,4,5)/q+1;/p-1. The summed E-state index contributed by atoms with van der Waals surface area (Å²) in [5.74, 6) is -72.1. The zero-order chi connectivity index (χ0) is 42.3. The van der Waals surface area contributed by atoms with E-state index in [9.17, 15) is 114 Å². The molecule has 0 bridgehead atoms. The minimum Gasteiger partial charge on any atom is -0.726 e. The molecule has 0 heterocycles. The Bertz CT molecular complexity index is 1390. The summed E-state index contributed by atoms with van der Waals surface area (Å²) in [4.78, 5) is 0. The van der Waals surface area contributed by atoms with Crippen LogP contribution in [0.5, 0.6) is 0 Å². The lowest BCUT2D eigenvalue weighted by atomic mass is 9.87. The summed E-state index contributed by atoms with van der Waals surface area (Å²) in [5.41, 5.74) is 0. The molecule has 0 aliphatic heterocycles. The smallest absolute Gasteiger partial charge is 0.460 e. The van der Waals surface area contributed by atoms with E-state index in [2.05, 4.69) is 4.18 Å². The third-order valence-corrected chi connectivity index (χ3v) is 8.55. The molecule has 310 valence electrons. The number of alkyl halides is 21. The fourth-order valence-corrected chi connectivity index (χ4v) is 4.96. The van der Waals surface area contributed by atoms with E-state index in [1.165, 1.54) is 28.1 Å². The van der Waals surface area contributed by atoms with Gasteiger partial charge in [-0.25, -0.2) is 16.8 Å². The van der Waals surface area contributed by atoms with E-state index in [1.807, 2.05) is 0 Å². The van der Waals surface area contributed by atoms with E-state index in [0.717, 1.165) is 0 Å². The number of quaternary nitrogens is 1. The van der Waals surface area contributed by atoms with Crippen molar-refractivity contribution in [1.82, 2.24) is 4.31 Å². The van der Waals surface area contributed by atoms with Gasteiger partial charge in [-0.2, -0.15) is 96.5 Å². The van der Waals surface area contributed by atoms with Gasteiger partial charge in [-0.1, -0.05) is 6.92 Å². The molecule has 0 unspecified atom stereocenters. The van der Waals surface area contributed by atoms with Crippen molar-refractivity contribution in [1.29, 1.82) is 0 Å². The van der Waals surface area contributed by atoms with Gasteiger partial charge in [0, 0.05) is 19.5 Å². The molecule has 0 amide bonds. The highest BCUT2D eigenvalue weighted by atomic mass is 32.3. The Morgan fingerprint density at radius 3 is 1.06 bits per heavy atom. The highest BCUT2D eigenvalue weighted by Crippen LogP contribution is 2.66. The Morgan fingerprint density at radius 1 is 0.549 bits per heavy atom. The van der Waals surface area contributed by atoms with E-state index in [1.54, 1.807) is 0 Å². The van der Waals surface area contributed by atoms with Gasteiger partial charge in [0.2, 0.25) is 10.4 Å². The van der Waals surface area contributed by atoms with Crippen LogP contribution in [0.1, 0.15) is 20.3 Å². The van der Waals surface area contributed by atoms with Gasteiger partial charge in [-0.3, -0.25) is 4.18 Å². The molecule has 0 spiro atoms. The van der Waals surface area contributed by atoms with Gasteiger partial charge in [-0.05, 0) is 6.92 Å². The van der Waals surface area contributed by atoms with Gasteiger partial charge >= 0.3 is 58.8 Å². The first-order chi connectivity index (χ1) is 21.7. The number of halogens is 21. The maximum atomic E-state index is 14.4. The lowest BCUT2D eigenvalue weighted by Gasteiger charge is -2.44. The van der Waals surface area contributed by atoms with Crippen LogP contribution in [0.2, 0.25) is 0 Å². The van der Waals surface area contributed by atoms with E-state index < -0.39 is 103 Å². The summed E-state index contributed by atoms with van der Waals surface area (Å²) in [6.45, 7) is -0.976. The van der Waals surface area contributed by atoms with Crippen molar-refractivity contribution in [3.8, 4) is 0 Å². The van der Waals surface area contributed by atoms with Gasteiger partial charge in [-0.15, -0.1) is 0 Å². The average molecular weight is 853 g/mol. The molecule has 51 heavy (non-hydrogen) atoms. The molecular weight excluding hydrogens is 827 g/mol. The summed E-state index contributed by atoms with van der Waals surface area (Å²) in [5, 5.41) is -7.74. The Labute approximate surface area is 274 Å². The first-order valence-electron chi connectivity index (χ1n) is 12.6. The SMILES string of the molecule is CCN(CCC[N+](C)(C)C)S(=O)(=O)C(F)(F)C(F)(F)C(F)(F)C(F)(F)C(F)(F)C(F)(F)C(F)(F)C(F)(F)C(F)(F)C(F)(F)F.CCOS(=O)(=O)[O-]. The number of sulfonamides is 1. The molecule has 0 aromatic heterocycles. The zero-order valence-electron chi connectivity index (χ0n) is 25.6. The van der Waals surface area contributed by atoms with E-state index in [-0.39, 0.29) is 17.6 Å². The Kier molecular flexibility index (Phi) is 14.9. The Balaban J connectivity index is 0. The van der Waals surface area contributed by atoms with Crippen molar-refractivity contribution in [3.05, 3.63) is 0 Å². The maximum Gasteiger partial charge on any atom is 0.460 e. The van der Waals surface area contributed by atoms with E-state index in [4.69, 9.17) is 0 Å². The fraction of sp³-hybridized carbons (Fsp3) is 1.00. The van der Waals surface area contributed by atoms with Crippen LogP contribution < -0.4 is 0 Å². The Morgan fingerprint density at radius 2 is 0.843 bits per heavy atom. The molecule has 0 aliphatic rings. The van der Waals surface area contributed by atoms with Crippen molar-refractivity contribution in [3.63, 3.8) is 0 Å². The number of hydrogen-bond acceptors (Lipinski definition) is 6. The second-order valence-electron chi connectivity index (χ2n) is 10.8. The third kappa shape index (κ3) is 8.98. The van der Waals surface area contributed by atoms with Gasteiger partial charge in [0.25, 0.3) is 10.0 Å². The van der Waals surface area contributed by atoms with E-state index in [0.29, 0.717) is 6.92 Å². The van der Waals surface area contributed by atoms with Gasteiger partial charge < -0.3 is 9.04 Å². The molecule has 0 saturated heterocycles. The molecule has 0 fully saturated rings. The molecule has 0 aromatic rings. The summed E-state index contributed by atoms with van der Waals surface area (Å²) in [6, 6.07) is 0. The second-order valence-corrected chi connectivity index (χ2v) is 13.8. The fourth-order valence-electron chi connectivity index (χ4n) is 3.18. The number of rotatable bonds is 17. The molecule has 0 aliphatic carbocycles. The Hall–Kier alpha value is -1.73. The molecule has 0 aromatic carbocycles. The second kappa shape index (κ2) is 14.8.